The van der Waals surface area contributed by atoms with E-state index < -0.39 is 5.91 Å². The maximum absolute atomic E-state index is 11.8. The van der Waals surface area contributed by atoms with Crippen LogP contribution in [0, 0.1) is 12.8 Å². The van der Waals surface area contributed by atoms with Gasteiger partial charge in [0.1, 0.15) is 5.82 Å². The van der Waals surface area contributed by atoms with Crippen molar-refractivity contribution < 1.29 is 9.32 Å². The molecule has 8 rings (SSSR count). The molecule has 42 heavy (non-hydrogen) atoms. The van der Waals surface area contributed by atoms with Crippen LogP contribution in [0.25, 0.3) is 22.5 Å². The second-order valence-corrected chi connectivity index (χ2v) is 12.3. The summed E-state index contributed by atoms with van der Waals surface area (Å²) < 4.78 is 5.18. The maximum atomic E-state index is 11.8. The minimum absolute atomic E-state index is 0.367. The number of hydrogen-bond donors (Lipinski definition) is 2. The Bertz CT molecular complexity index is 1640. The highest BCUT2D eigenvalue weighted by molar-refractivity contribution is 5.94. The highest BCUT2D eigenvalue weighted by Crippen LogP contribution is 2.48. The standard InChI is InChI=1S/C33H35N7O2/c1-19-36-33(38-42-19)20-9-11-25(12-10-20)39-18-24-16-28(39)30-31(24)40(27-8-3-2-7-26(27)37-30)29-17-22(13-14-35-29)21-5-4-6-23(15-21)32(34)41/h4-6,9-15,17,24,26-28,30-31,37H,2-3,7-8,16,18H2,1H3,(H2,34,41)/t24-,26-,27-,28-,30-,31?/m1/s1. The molecule has 9 heteroatoms. The van der Waals surface area contributed by atoms with E-state index in [1.807, 2.05) is 37.4 Å². The predicted molar refractivity (Wildman–Crippen MR) is 161 cm³/mol. The second kappa shape index (κ2) is 9.94. The van der Waals surface area contributed by atoms with Gasteiger partial charge in [0.05, 0.1) is 6.04 Å². The maximum Gasteiger partial charge on any atom is 0.248 e. The summed E-state index contributed by atoms with van der Waals surface area (Å²) in [6.07, 6.45) is 7.99. The van der Waals surface area contributed by atoms with Crippen LogP contribution in [0.1, 0.15) is 48.4 Å². The van der Waals surface area contributed by atoms with Gasteiger partial charge in [-0.2, -0.15) is 4.98 Å². The molecule has 4 aromatic rings. The van der Waals surface area contributed by atoms with Gasteiger partial charge in [0.2, 0.25) is 17.6 Å². The van der Waals surface area contributed by atoms with E-state index in [9.17, 15) is 4.79 Å². The normalized spacial score (nSPS) is 28.0. The number of hydrogen-bond acceptors (Lipinski definition) is 8. The first-order chi connectivity index (χ1) is 20.5. The molecule has 3 N–H and O–H groups in total. The Morgan fingerprint density at radius 1 is 1.00 bits per heavy atom. The van der Waals surface area contributed by atoms with Crippen molar-refractivity contribution in [3.63, 3.8) is 0 Å². The number of nitrogens with two attached hydrogens (primary N) is 1. The number of pyridine rings is 1. The molecule has 0 spiro atoms. The lowest BCUT2D eigenvalue weighted by atomic mass is 9.81. The lowest BCUT2D eigenvalue weighted by Crippen LogP contribution is -2.73. The molecular formula is C33H35N7O2. The molecule has 4 heterocycles. The summed E-state index contributed by atoms with van der Waals surface area (Å²) in [6.45, 7) is 2.84. The Morgan fingerprint density at radius 3 is 2.64 bits per heavy atom. The Morgan fingerprint density at radius 2 is 1.83 bits per heavy atom. The summed E-state index contributed by atoms with van der Waals surface area (Å²) >= 11 is 0. The number of nitrogens with zero attached hydrogens (tertiary/aromatic N) is 5. The molecule has 2 aliphatic heterocycles. The van der Waals surface area contributed by atoms with Crippen LogP contribution in [0.3, 0.4) is 0 Å². The average molecular weight is 562 g/mol. The monoisotopic (exact) mass is 561 g/mol. The Labute approximate surface area is 245 Å². The van der Waals surface area contributed by atoms with E-state index in [4.69, 9.17) is 15.2 Å². The van der Waals surface area contributed by atoms with Gasteiger partial charge in [0.15, 0.2) is 0 Å². The van der Waals surface area contributed by atoms with Crippen LogP contribution in [0.2, 0.25) is 0 Å². The molecule has 2 aromatic heterocycles. The molecule has 0 radical (unpaired) electrons. The predicted octanol–water partition coefficient (Wildman–Crippen LogP) is 4.57. The van der Waals surface area contributed by atoms with Crippen molar-refractivity contribution in [1.29, 1.82) is 0 Å². The second-order valence-electron chi connectivity index (χ2n) is 12.3. The highest BCUT2D eigenvalue weighted by atomic mass is 16.5. The van der Waals surface area contributed by atoms with Crippen LogP contribution >= 0.6 is 0 Å². The first-order valence-electron chi connectivity index (χ1n) is 15.1. The molecule has 2 aliphatic carbocycles. The number of rotatable bonds is 5. The van der Waals surface area contributed by atoms with E-state index in [0.717, 1.165) is 29.1 Å². The number of piperazine rings is 1. The number of carbonyl (C=O) groups excluding carboxylic acids is 1. The molecule has 2 saturated carbocycles. The van der Waals surface area contributed by atoms with E-state index in [0.29, 0.717) is 53.4 Å². The minimum atomic E-state index is -0.410. The number of aromatic nitrogens is 3. The van der Waals surface area contributed by atoms with Crippen molar-refractivity contribution in [2.24, 2.45) is 11.7 Å². The third kappa shape index (κ3) is 4.17. The topological polar surface area (TPSA) is 113 Å². The summed E-state index contributed by atoms with van der Waals surface area (Å²) in [4.78, 5) is 26.5. The zero-order valence-electron chi connectivity index (χ0n) is 23.7. The number of benzene rings is 2. The van der Waals surface area contributed by atoms with Gasteiger partial charge in [0.25, 0.3) is 0 Å². The fourth-order valence-electron chi connectivity index (χ4n) is 8.15. The summed E-state index contributed by atoms with van der Waals surface area (Å²) in [7, 11) is 0. The van der Waals surface area contributed by atoms with Crippen LogP contribution in [0.4, 0.5) is 11.5 Å². The van der Waals surface area contributed by atoms with Gasteiger partial charge in [-0.3, -0.25) is 4.79 Å². The third-order valence-corrected chi connectivity index (χ3v) is 9.93. The molecular weight excluding hydrogens is 526 g/mol. The van der Waals surface area contributed by atoms with E-state index in [1.165, 1.54) is 37.8 Å². The fraction of sp³-hybridized carbons (Fsp3) is 0.394. The van der Waals surface area contributed by atoms with Gasteiger partial charge >= 0.3 is 0 Å². The molecule has 6 atom stereocenters. The van der Waals surface area contributed by atoms with Crippen LogP contribution < -0.4 is 20.9 Å². The largest absolute Gasteiger partial charge is 0.367 e. The molecule has 2 aromatic carbocycles. The van der Waals surface area contributed by atoms with E-state index in [-0.39, 0.29) is 0 Å². The molecule has 2 bridgehead atoms. The average Bonchev–Trinajstić information content (AvgIpc) is 3.75. The number of fused-ring (bicyclic) bond motifs is 6. The summed E-state index contributed by atoms with van der Waals surface area (Å²) in [5.74, 6) is 2.38. The first-order valence-corrected chi connectivity index (χ1v) is 15.1. The summed E-state index contributed by atoms with van der Waals surface area (Å²) in [5.41, 5.74) is 10.4. The zero-order chi connectivity index (χ0) is 28.4. The Kier molecular flexibility index (Phi) is 6.03. The minimum Gasteiger partial charge on any atom is -0.367 e. The molecule has 1 amide bonds. The first kappa shape index (κ1) is 25.5. The van der Waals surface area contributed by atoms with Crippen LogP contribution in [0.15, 0.2) is 71.4 Å². The lowest BCUT2D eigenvalue weighted by Gasteiger charge is -2.56. The molecule has 4 aliphatic rings. The van der Waals surface area contributed by atoms with E-state index >= 15 is 0 Å². The molecule has 9 nitrogen and oxygen atoms in total. The van der Waals surface area contributed by atoms with E-state index in [2.05, 4.69) is 55.6 Å². The Balaban J connectivity index is 1.11. The van der Waals surface area contributed by atoms with Gasteiger partial charge in [-0.15, -0.1) is 0 Å². The number of amides is 1. The number of nitrogens with one attached hydrogen (secondary N) is 1. The van der Waals surface area contributed by atoms with Gasteiger partial charge in [-0.25, -0.2) is 4.98 Å². The summed E-state index contributed by atoms with van der Waals surface area (Å²) in [6, 6.07) is 22.5. The van der Waals surface area contributed by atoms with E-state index in [1.54, 1.807) is 6.07 Å². The summed E-state index contributed by atoms with van der Waals surface area (Å²) in [5, 5.41) is 8.24. The number of aryl methyl sites for hydroxylation is 1. The Hall–Kier alpha value is -4.24. The number of primary amides is 1. The number of carbonyl (C=O) groups is 1. The SMILES string of the molecule is Cc1nc(-c2ccc(N3C[C@H]4C[C@@H]3[C@H]3N[C@@H]5CCCC[C@H]5N(c5cc(-c6cccc(C(N)=O)c6)ccn5)C43)cc2)no1. The molecule has 214 valence electrons. The fourth-order valence-corrected chi connectivity index (χ4v) is 8.15. The van der Waals surface area contributed by atoms with Gasteiger partial charge in [0, 0.05) is 66.6 Å². The highest BCUT2D eigenvalue weighted by Gasteiger charge is 2.58. The van der Waals surface area contributed by atoms with Gasteiger partial charge in [-0.1, -0.05) is 30.1 Å². The van der Waals surface area contributed by atoms with Gasteiger partial charge in [-0.05, 0) is 78.9 Å². The van der Waals surface area contributed by atoms with Crippen LogP contribution in [-0.4, -0.2) is 57.8 Å². The van der Waals surface area contributed by atoms with Crippen molar-refractivity contribution in [1.82, 2.24) is 20.4 Å². The van der Waals surface area contributed by atoms with Crippen LogP contribution in [0.5, 0.6) is 0 Å². The third-order valence-electron chi connectivity index (χ3n) is 9.93. The van der Waals surface area contributed by atoms with Crippen molar-refractivity contribution in [2.45, 2.75) is 69.2 Å². The smallest absolute Gasteiger partial charge is 0.248 e. The molecule has 4 fully saturated rings. The lowest BCUT2D eigenvalue weighted by molar-refractivity contribution is 0.100. The quantitative estimate of drug-likeness (QED) is 0.364. The number of anilines is 2. The van der Waals surface area contributed by atoms with Crippen molar-refractivity contribution in [3.8, 4) is 22.5 Å². The van der Waals surface area contributed by atoms with Gasteiger partial charge < -0.3 is 25.4 Å². The zero-order valence-corrected chi connectivity index (χ0v) is 23.7. The number of piperidine rings is 1. The van der Waals surface area contributed by atoms with Crippen LogP contribution in [-0.2, 0) is 0 Å². The van der Waals surface area contributed by atoms with Crippen molar-refractivity contribution in [2.75, 3.05) is 16.3 Å². The van der Waals surface area contributed by atoms with Crippen molar-refractivity contribution in [3.05, 3.63) is 78.3 Å². The molecule has 1 unspecified atom stereocenters. The van der Waals surface area contributed by atoms with Crippen molar-refractivity contribution >= 4 is 17.4 Å². The molecule has 2 saturated heterocycles.